The van der Waals surface area contributed by atoms with Gasteiger partial charge in [-0.25, -0.2) is 0 Å². The first-order valence-electron chi connectivity index (χ1n) is 11.2. The number of hydrogen-bond donors (Lipinski definition) is 0. The second kappa shape index (κ2) is 7.65. The molecule has 8 heteroatoms. The number of carbonyl (C=O) groups excluding carboxylic acids is 3. The fourth-order valence-electron chi connectivity index (χ4n) is 5.21. The largest absolute Gasteiger partial charge is 0.300 e. The first-order valence-corrected chi connectivity index (χ1v) is 13.7. The molecule has 0 N–H and O–H groups in total. The van der Waals surface area contributed by atoms with E-state index in [1.165, 1.54) is 10.3 Å². The molecule has 2 aliphatic heterocycles. The first-order chi connectivity index (χ1) is 16.7. The molecular weight excluding hydrogens is 497 g/mol. The summed E-state index contributed by atoms with van der Waals surface area (Å²) in [7, 11) is 3.11. The van der Waals surface area contributed by atoms with Crippen LogP contribution in [-0.2, 0) is 10.3 Å². The summed E-state index contributed by atoms with van der Waals surface area (Å²) in [5.74, 6) is -1.21. The average Bonchev–Trinajstić information content (AvgIpc) is 3.22. The molecule has 0 spiro atoms. The Bertz CT molecular complexity index is 1610. The number of carbonyl (C=O) groups is 3. The lowest BCUT2D eigenvalue weighted by atomic mass is 9.86. The molecule has 0 unspecified atom stereocenters. The maximum absolute atomic E-state index is 14.0. The molecule has 0 saturated carbocycles. The molecule has 0 atom stereocenters. The van der Waals surface area contributed by atoms with Crippen molar-refractivity contribution < 1.29 is 14.4 Å². The van der Waals surface area contributed by atoms with Crippen LogP contribution in [-0.4, -0.2) is 29.2 Å². The fourth-order valence-corrected chi connectivity index (χ4v) is 8.49. The van der Waals surface area contributed by atoms with Crippen LogP contribution in [0, 0.1) is 10.7 Å². The van der Waals surface area contributed by atoms with Gasteiger partial charge in [0.15, 0.2) is 0 Å². The van der Waals surface area contributed by atoms with E-state index in [2.05, 4.69) is 0 Å². The van der Waals surface area contributed by atoms with Crippen LogP contribution >= 0.6 is 32.9 Å². The van der Waals surface area contributed by atoms with E-state index in [0.717, 1.165) is 41.4 Å². The molecule has 3 amide bonds. The Morgan fingerprint density at radius 1 is 0.943 bits per heavy atom. The van der Waals surface area contributed by atoms with E-state index in [-0.39, 0.29) is 12.5 Å². The van der Waals surface area contributed by atoms with Crippen LogP contribution in [0.15, 0.2) is 54.6 Å². The number of benzene rings is 3. The lowest BCUT2D eigenvalue weighted by Crippen LogP contribution is -2.53. The van der Waals surface area contributed by atoms with Gasteiger partial charge in [0.2, 0.25) is 5.91 Å². The molecule has 0 radical (unpaired) electrons. The Hall–Kier alpha value is -3.20. The molecule has 35 heavy (non-hydrogen) atoms. The molecule has 6 rings (SSSR count). The summed E-state index contributed by atoms with van der Waals surface area (Å²) >= 11 is 5.65. The normalized spacial score (nSPS) is 15.9. The SMILES string of the molecule is Cc1ccc2c(c1)N(C(=O)CN1C(=O)c3cccc4cccc(c34)C1=O)C(C)(C)c1ssc(=S)c1-2. The summed E-state index contributed by atoms with van der Waals surface area (Å²) in [4.78, 5) is 44.6. The van der Waals surface area contributed by atoms with Crippen LogP contribution in [0.25, 0.3) is 21.9 Å². The summed E-state index contributed by atoms with van der Waals surface area (Å²) in [6.07, 6.45) is 0. The third-order valence-corrected chi connectivity index (χ3v) is 10.1. The van der Waals surface area contributed by atoms with E-state index in [4.69, 9.17) is 12.2 Å². The summed E-state index contributed by atoms with van der Waals surface area (Å²) < 4.78 is 0.807. The van der Waals surface area contributed by atoms with Gasteiger partial charge in [-0.15, -0.1) is 0 Å². The van der Waals surface area contributed by atoms with Crippen molar-refractivity contribution in [2.75, 3.05) is 11.4 Å². The molecule has 1 aromatic heterocycles. The fraction of sp³-hybridized carbons (Fsp3) is 0.185. The van der Waals surface area contributed by atoms with Crippen LogP contribution in [0.3, 0.4) is 0 Å². The van der Waals surface area contributed by atoms with E-state index >= 15 is 0 Å². The Morgan fingerprint density at radius 3 is 2.26 bits per heavy atom. The van der Waals surface area contributed by atoms with Gasteiger partial charge in [-0.3, -0.25) is 24.2 Å². The molecular formula is C27H20N2O3S3. The number of nitrogens with zero attached hydrogens (tertiary/aromatic N) is 2. The van der Waals surface area contributed by atoms with E-state index < -0.39 is 17.4 Å². The minimum atomic E-state index is -0.689. The minimum absolute atomic E-state index is 0.315. The molecule has 2 aliphatic rings. The van der Waals surface area contributed by atoms with Gasteiger partial charge in [-0.2, -0.15) is 0 Å². The number of imide groups is 1. The predicted molar refractivity (Wildman–Crippen MR) is 143 cm³/mol. The molecule has 0 saturated heterocycles. The number of rotatable bonds is 2. The maximum Gasteiger partial charge on any atom is 0.261 e. The third-order valence-electron chi connectivity index (χ3n) is 6.81. The van der Waals surface area contributed by atoms with Gasteiger partial charge in [0.25, 0.3) is 11.8 Å². The van der Waals surface area contributed by atoms with Crippen molar-refractivity contribution in [1.29, 1.82) is 0 Å². The van der Waals surface area contributed by atoms with Crippen molar-refractivity contribution >= 4 is 67.1 Å². The van der Waals surface area contributed by atoms with Gasteiger partial charge >= 0.3 is 0 Å². The van der Waals surface area contributed by atoms with E-state index in [0.29, 0.717) is 16.5 Å². The highest BCUT2D eigenvalue weighted by atomic mass is 32.9. The van der Waals surface area contributed by atoms with Crippen molar-refractivity contribution in [3.05, 3.63) is 80.0 Å². The third kappa shape index (κ3) is 3.10. The summed E-state index contributed by atoms with van der Waals surface area (Å²) in [6.45, 7) is 5.61. The van der Waals surface area contributed by atoms with E-state index in [9.17, 15) is 14.4 Å². The van der Waals surface area contributed by atoms with E-state index in [1.54, 1.807) is 39.5 Å². The van der Waals surface area contributed by atoms with Crippen molar-refractivity contribution in [3.63, 3.8) is 0 Å². The zero-order valence-corrected chi connectivity index (χ0v) is 21.7. The lowest BCUT2D eigenvalue weighted by molar-refractivity contribution is -0.120. The first kappa shape index (κ1) is 22.3. The average molecular weight is 517 g/mol. The minimum Gasteiger partial charge on any atom is -0.300 e. The number of amides is 3. The predicted octanol–water partition coefficient (Wildman–Crippen LogP) is 6.55. The number of anilines is 1. The zero-order valence-electron chi connectivity index (χ0n) is 19.2. The molecule has 0 fully saturated rings. The van der Waals surface area contributed by atoms with Crippen LogP contribution in [0.4, 0.5) is 5.69 Å². The highest BCUT2D eigenvalue weighted by Crippen LogP contribution is 2.52. The molecule has 5 nitrogen and oxygen atoms in total. The van der Waals surface area contributed by atoms with Gasteiger partial charge in [-0.1, -0.05) is 69.3 Å². The van der Waals surface area contributed by atoms with Gasteiger partial charge in [0, 0.05) is 27.6 Å². The van der Waals surface area contributed by atoms with Crippen molar-refractivity contribution in [2.24, 2.45) is 0 Å². The Labute approximate surface area is 214 Å². The van der Waals surface area contributed by atoms with Crippen LogP contribution in [0.2, 0.25) is 0 Å². The van der Waals surface area contributed by atoms with Crippen LogP contribution in [0.1, 0.15) is 45.0 Å². The number of hydrogen-bond acceptors (Lipinski definition) is 6. The maximum atomic E-state index is 14.0. The molecule has 0 aliphatic carbocycles. The van der Waals surface area contributed by atoms with Gasteiger partial charge in [0.05, 0.1) is 16.1 Å². The van der Waals surface area contributed by atoms with Gasteiger partial charge < -0.3 is 0 Å². The molecule has 0 bridgehead atoms. The van der Waals surface area contributed by atoms with Crippen molar-refractivity contribution in [3.8, 4) is 11.1 Å². The Morgan fingerprint density at radius 2 is 1.60 bits per heavy atom. The Balaban J connectivity index is 1.45. The topological polar surface area (TPSA) is 57.7 Å². The van der Waals surface area contributed by atoms with E-state index in [1.807, 2.05) is 51.1 Å². The second-order valence-corrected chi connectivity index (χ2v) is 12.2. The molecule has 3 heterocycles. The van der Waals surface area contributed by atoms with Gasteiger partial charge in [0.1, 0.15) is 10.4 Å². The summed E-state index contributed by atoms with van der Waals surface area (Å²) in [5.41, 5.74) is 3.87. The van der Waals surface area contributed by atoms with Crippen molar-refractivity contribution in [1.82, 2.24) is 4.90 Å². The monoisotopic (exact) mass is 516 g/mol. The molecule has 4 aromatic rings. The van der Waals surface area contributed by atoms with Crippen LogP contribution in [0.5, 0.6) is 0 Å². The van der Waals surface area contributed by atoms with Crippen molar-refractivity contribution in [2.45, 2.75) is 26.3 Å². The summed E-state index contributed by atoms with van der Waals surface area (Å²) in [6, 6.07) is 16.8. The van der Waals surface area contributed by atoms with Gasteiger partial charge in [-0.05, 0) is 49.9 Å². The zero-order chi connectivity index (χ0) is 24.6. The highest BCUT2D eigenvalue weighted by molar-refractivity contribution is 7.80. The summed E-state index contributed by atoms with van der Waals surface area (Å²) in [5, 5.41) is 1.48. The quantitative estimate of drug-likeness (QED) is 0.172. The number of fused-ring (bicyclic) bond motifs is 3. The Kier molecular flexibility index (Phi) is 4.87. The second-order valence-electron chi connectivity index (χ2n) is 9.37. The lowest BCUT2D eigenvalue weighted by Gasteiger charge is -2.43. The molecule has 174 valence electrons. The molecule has 3 aromatic carbocycles. The number of aryl methyl sites for hydroxylation is 1. The smallest absolute Gasteiger partial charge is 0.261 e. The standard InChI is InChI=1S/C27H20N2O3S3/c1-14-10-11-16-19(12-14)29(27(2,3)23-22(16)26(33)35-34-23)20(30)13-28-24(31)17-8-4-6-15-7-5-9-18(21(15)17)25(28)32/h4-12H,13H2,1-3H3. The van der Waals surface area contributed by atoms with Crippen LogP contribution < -0.4 is 4.90 Å². The highest BCUT2D eigenvalue weighted by Gasteiger charge is 2.44.